The summed E-state index contributed by atoms with van der Waals surface area (Å²) in [5, 5.41) is 12.0. The van der Waals surface area contributed by atoms with E-state index >= 15 is 0 Å². The number of hydrogen-bond acceptors (Lipinski definition) is 4. The van der Waals surface area contributed by atoms with Gasteiger partial charge in [0.15, 0.2) is 5.82 Å². The van der Waals surface area contributed by atoms with Crippen LogP contribution in [0.4, 0.5) is 16.3 Å². The zero-order valence-corrected chi connectivity index (χ0v) is 12.6. The number of hydrogen-bond donors (Lipinski definition) is 3. The first kappa shape index (κ1) is 15.8. The molecule has 22 heavy (non-hydrogen) atoms. The second-order valence-corrected chi connectivity index (χ2v) is 4.95. The highest BCUT2D eigenvalue weighted by atomic mass is 35.5. The number of carbonyl (C=O) groups excluding carboxylic acids is 2. The van der Waals surface area contributed by atoms with Crippen LogP contribution in [0.3, 0.4) is 0 Å². The van der Waals surface area contributed by atoms with Gasteiger partial charge in [-0.05, 0) is 31.2 Å². The highest BCUT2D eigenvalue weighted by Crippen LogP contribution is 2.13. The Kier molecular flexibility index (Phi) is 5.37. The van der Waals surface area contributed by atoms with Gasteiger partial charge in [-0.2, -0.15) is 0 Å². The summed E-state index contributed by atoms with van der Waals surface area (Å²) in [7, 11) is 0. The fraction of sp³-hybridized carbons (Fsp3) is 0.214. The molecule has 0 saturated heterocycles. The molecule has 1 heterocycles. The van der Waals surface area contributed by atoms with Crippen LogP contribution in [0.2, 0.25) is 5.02 Å². The smallest absolute Gasteiger partial charge is 0.319 e. The van der Waals surface area contributed by atoms with E-state index in [0.717, 1.165) is 0 Å². The van der Waals surface area contributed by atoms with Crippen LogP contribution in [0, 0.1) is 6.92 Å². The number of benzene rings is 1. The van der Waals surface area contributed by atoms with Gasteiger partial charge >= 0.3 is 6.03 Å². The Hall–Kier alpha value is -2.54. The molecule has 3 N–H and O–H groups in total. The molecule has 0 radical (unpaired) electrons. The second kappa shape index (κ2) is 7.46. The predicted octanol–water partition coefficient (Wildman–Crippen LogP) is 2.79. The Morgan fingerprint density at radius 1 is 1.23 bits per heavy atom. The molecule has 0 aliphatic carbocycles. The molecule has 1 aromatic heterocycles. The van der Waals surface area contributed by atoms with Crippen molar-refractivity contribution in [3.05, 3.63) is 41.1 Å². The molecule has 2 aromatic rings. The third-order valence-electron chi connectivity index (χ3n) is 2.64. The van der Waals surface area contributed by atoms with Crippen molar-refractivity contribution in [2.45, 2.75) is 13.3 Å². The fourth-order valence-corrected chi connectivity index (χ4v) is 1.75. The average Bonchev–Trinajstić information content (AvgIpc) is 2.86. The zero-order valence-electron chi connectivity index (χ0n) is 11.9. The summed E-state index contributed by atoms with van der Waals surface area (Å²) in [6.45, 7) is 1.92. The quantitative estimate of drug-likeness (QED) is 0.788. The Morgan fingerprint density at radius 3 is 2.59 bits per heavy atom. The summed E-state index contributed by atoms with van der Waals surface area (Å²) in [5.41, 5.74) is 0.615. The summed E-state index contributed by atoms with van der Waals surface area (Å²) in [6, 6.07) is 7.92. The summed E-state index contributed by atoms with van der Waals surface area (Å²) < 4.78 is 4.83. The molecule has 0 fully saturated rings. The predicted molar refractivity (Wildman–Crippen MR) is 83.0 cm³/mol. The Morgan fingerprint density at radius 2 is 1.95 bits per heavy atom. The van der Waals surface area contributed by atoms with Gasteiger partial charge in [0.25, 0.3) is 0 Å². The molecule has 3 amide bonds. The maximum Gasteiger partial charge on any atom is 0.319 e. The third kappa shape index (κ3) is 5.10. The SMILES string of the molecule is Cc1cc(NC(=O)CCNC(=O)Nc2ccc(Cl)cc2)no1. The molecular formula is C14H15ClN4O3. The van der Waals surface area contributed by atoms with Crippen molar-refractivity contribution < 1.29 is 14.1 Å². The molecule has 0 spiro atoms. The van der Waals surface area contributed by atoms with Gasteiger partial charge in [-0.25, -0.2) is 4.79 Å². The van der Waals surface area contributed by atoms with Gasteiger partial charge in [0, 0.05) is 29.7 Å². The van der Waals surface area contributed by atoms with Gasteiger partial charge in [0.1, 0.15) is 5.76 Å². The molecule has 116 valence electrons. The van der Waals surface area contributed by atoms with E-state index in [9.17, 15) is 9.59 Å². The van der Waals surface area contributed by atoms with E-state index in [1.165, 1.54) is 0 Å². The van der Waals surface area contributed by atoms with E-state index in [0.29, 0.717) is 22.3 Å². The van der Waals surface area contributed by atoms with Crippen molar-refractivity contribution >= 4 is 35.0 Å². The van der Waals surface area contributed by atoms with Gasteiger partial charge in [0.2, 0.25) is 5.91 Å². The van der Waals surface area contributed by atoms with Crippen molar-refractivity contribution in [1.29, 1.82) is 0 Å². The zero-order chi connectivity index (χ0) is 15.9. The number of nitrogens with one attached hydrogen (secondary N) is 3. The lowest BCUT2D eigenvalue weighted by molar-refractivity contribution is -0.116. The first-order valence-corrected chi connectivity index (χ1v) is 6.94. The number of urea groups is 1. The van der Waals surface area contributed by atoms with E-state index in [1.807, 2.05) is 0 Å². The molecule has 0 aliphatic rings. The Bertz CT molecular complexity index is 654. The van der Waals surface area contributed by atoms with Crippen molar-refractivity contribution in [3.8, 4) is 0 Å². The molecule has 0 atom stereocenters. The Balaban J connectivity index is 1.68. The number of nitrogens with zero attached hydrogens (tertiary/aromatic N) is 1. The van der Waals surface area contributed by atoms with E-state index in [-0.39, 0.29) is 18.9 Å². The largest absolute Gasteiger partial charge is 0.360 e. The van der Waals surface area contributed by atoms with Crippen LogP contribution in [0.5, 0.6) is 0 Å². The molecule has 0 saturated carbocycles. The number of amides is 3. The van der Waals surface area contributed by atoms with Gasteiger partial charge in [0.05, 0.1) is 0 Å². The third-order valence-corrected chi connectivity index (χ3v) is 2.89. The van der Waals surface area contributed by atoms with Crippen molar-refractivity contribution in [2.75, 3.05) is 17.2 Å². The number of rotatable bonds is 5. The van der Waals surface area contributed by atoms with Crippen LogP contribution in [0.1, 0.15) is 12.2 Å². The lowest BCUT2D eigenvalue weighted by Gasteiger charge is -2.07. The molecule has 0 unspecified atom stereocenters. The van der Waals surface area contributed by atoms with Crippen LogP contribution in [0.15, 0.2) is 34.9 Å². The van der Waals surface area contributed by atoms with Crippen LogP contribution in [-0.4, -0.2) is 23.6 Å². The van der Waals surface area contributed by atoms with E-state index in [4.69, 9.17) is 16.1 Å². The van der Waals surface area contributed by atoms with Crippen LogP contribution >= 0.6 is 11.6 Å². The van der Waals surface area contributed by atoms with Crippen LogP contribution in [-0.2, 0) is 4.79 Å². The van der Waals surface area contributed by atoms with Crippen molar-refractivity contribution in [2.24, 2.45) is 0 Å². The van der Waals surface area contributed by atoms with Gasteiger partial charge in [-0.1, -0.05) is 16.8 Å². The summed E-state index contributed by atoms with van der Waals surface area (Å²) in [5.74, 6) is 0.698. The van der Waals surface area contributed by atoms with E-state index in [2.05, 4.69) is 21.1 Å². The lowest BCUT2D eigenvalue weighted by atomic mass is 10.3. The minimum absolute atomic E-state index is 0.125. The van der Waals surface area contributed by atoms with E-state index in [1.54, 1.807) is 37.3 Å². The molecule has 8 heteroatoms. The maximum atomic E-state index is 11.6. The monoisotopic (exact) mass is 322 g/mol. The number of halogens is 1. The highest BCUT2D eigenvalue weighted by Gasteiger charge is 2.07. The first-order chi connectivity index (χ1) is 10.5. The maximum absolute atomic E-state index is 11.6. The number of carbonyl (C=O) groups is 2. The highest BCUT2D eigenvalue weighted by molar-refractivity contribution is 6.30. The number of aryl methyl sites for hydroxylation is 1. The molecule has 1 aromatic carbocycles. The number of anilines is 2. The molecular weight excluding hydrogens is 308 g/mol. The van der Waals surface area contributed by atoms with E-state index < -0.39 is 6.03 Å². The molecule has 0 bridgehead atoms. The average molecular weight is 323 g/mol. The van der Waals surface area contributed by atoms with Crippen molar-refractivity contribution in [3.63, 3.8) is 0 Å². The van der Waals surface area contributed by atoms with Gasteiger partial charge in [-0.15, -0.1) is 0 Å². The number of aromatic nitrogens is 1. The summed E-state index contributed by atoms with van der Waals surface area (Å²) >= 11 is 5.75. The fourth-order valence-electron chi connectivity index (χ4n) is 1.63. The minimum Gasteiger partial charge on any atom is -0.360 e. The second-order valence-electron chi connectivity index (χ2n) is 4.51. The lowest BCUT2D eigenvalue weighted by Crippen LogP contribution is -2.31. The van der Waals surface area contributed by atoms with Gasteiger partial charge < -0.3 is 20.5 Å². The Labute approximate surface area is 132 Å². The van der Waals surface area contributed by atoms with Gasteiger partial charge in [-0.3, -0.25) is 4.79 Å². The van der Waals surface area contributed by atoms with Crippen molar-refractivity contribution in [1.82, 2.24) is 10.5 Å². The summed E-state index contributed by atoms with van der Waals surface area (Å²) in [4.78, 5) is 23.2. The molecule has 7 nitrogen and oxygen atoms in total. The minimum atomic E-state index is -0.396. The summed E-state index contributed by atoms with van der Waals surface area (Å²) in [6.07, 6.45) is 0.125. The van der Waals surface area contributed by atoms with Crippen LogP contribution in [0.25, 0.3) is 0 Å². The topological polar surface area (TPSA) is 96.3 Å². The van der Waals surface area contributed by atoms with Crippen LogP contribution < -0.4 is 16.0 Å². The molecule has 2 rings (SSSR count). The normalized spacial score (nSPS) is 10.1. The standard InChI is InChI=1S/C14H15ClN4O3/c1-9-8-12(19-22-9)18-13(20)6-7-16-14(21)17-11-4-2-10(15)3-5-11/h2-5,8H,6-7H2,1H3,(H2,16,17,21)(H,18,19,20). The molecule has 0 aliphatic heterocycles. The first-order valence-electron chi connectivity index (χ1n) is 6.56.